The highest BCUT2D eigenvalue weighted by Crippen LogP contribution is 2.29. The first kappa shape index (κ1) is 24.2. The fourth-order valence-corrected chi connectivity index (χ4v) is 3.42. The summed E-state index contributed by atoms with van der Waals surface area (Å²) in [6, 6.07) is 26.4. The molecular weight excluding hydrogens is 458 g/mol. The van der Waals surface area contributed by atoms with Gasteiger partial charge in [-0.2, -0.15) is 5.10 Å². The zero-order chi connectivity index (χ0) is 25.3. The topological polar surface area (TPSA) is 106 Å². The average molecular weight is 482 g/mol. The summed E-state index contributed by atoms with van der Waals surface area (Å²) < 4.78 is 11.1. The minimum absolute atomic E-state index is 0.251. The third kappa shape index (κ3) is 5.92. The van der Waals surface area contributed by atoms with Gasteiger partial charge in [-0.05, 0) is 54.3 Å². The number of benzene rings is 4. The Hall–Kier alpha value is -4.98. The number of hydrogen-bond acceptors (Lipinski definition) is 6. The maximum atomic E-state index is 12.4. The van der Waals surface area contributed by atoms with Gasteiger partial charge < -0.3 is 14.8 Å². The molecule has 2 amide bonds. The molecule has 0 saturated heterocycles. The first-order valence-corrected chi connectivity index (χ1v) is 11.2. The Balaban J connectivity index is 1.40. The number of nitrogens with one attached hydrogen (secondary N) is 2. The third-order valence-corrected chi connectivity index (χ3v) is 5.10. The number of amides is 2. The zero-order valence-corrected chi connectivity index (χ0v) is 19.4. The minimum Gasteiger partial charge on any atom is -0.490 e. The summed E-state index contributed by atoms with van der Waals surface area (Å²) in [6.07, 6.45) is 1.36. The van der Waals surface area contributed by atoms with Gasteiger partial charge in [-0.15, -0.1) is 0 Å². The van der Waals surface area contributed by atoms with E-state index in [1.54, 1.807) is 61.5 Å². The number of anilines is 1. The lowest BCUT2D eigenvalue weighted by molar-refractivity contribution is -0.136. The molecule has 2 N–H and O–H groups in total. The van der Waals surface area contributed by atoms with Crippen molar-refractivity contribution in [3.05, 3.63) is 102 Å². The summed E-state index contributed by atoms with van der Waals surface area (Å²) in [5, 5.41) is 8.22. The van der Waals surface area contributed by atoms with Gasteiger partial charge in [-0.1, -0.05) is 54.6 Å². The largest absolute Gasteiger partial charge is 0.490 e. The Morgan fingerprint density at radius 3 is 2.39 bits per heavy atom. The van der Waals surface area contributed by atoms with Crippen molar-refractivity contribution in [3.8, 4) is 11.5 Å². The number of hydrazone groups is 1. The van der Waals surface area contributed by atoms with Crippen LogP contribution in [0.4, 0.5) is 5.69 Å². The molecule has 0 fully saturated rings. The minimum atomic E-state index is -0.919. The fraction of sp³-hybridized carbons (Fsp3) is 0.0714. The molecule has 180 valence electrons. The molecule has 8 heteroatoms. The Bertz CT molecular complexity index is 1430. The number of fused-ring (bicyclic) bond motifs is 1. The molecule has 0 heterocycles. The van der Waals surface area contributed by atoms with Crippen molar-refractivity contribution in [2.45, 2.75) is 6.92 Å². The number of carbonyl (C=O) groups excluding carboxylic acids is 3. The van der Waals surface area contributed by atoms with Crippen LogP contribution in [0.25, 0.3) is 10.8 Å². The molecule has 0 aliphatic heterocycles. The highest BCUT2D eigenvalue weighted by atomic mass is 16.6. The lowest BCUT2D eigenvalue weighted by Crippen LogP contribution is -2.32. The van der Waals surface area contributed by atoms with Gasteiger partial charge in [-0.3, -0.25) is 9.59 Å². The van der Waals surface area contributed by atoms with Crippen LogP contribution in [-0.4, -0.2) is 30.6 Å². The number of hydrogen-bond donors (Lipinski definition) is 2. The molecule has 0 aliphatic rings. The van der Waals surface area contributed by atoms with Gasteiger partial charge in [-0.25, -0.2) is 10.2 Å². The first-order chi connectivity index (χ1) is 17.5. The number of esters is 1. The van der Waals surface area contributed by atoms with Crippen molar-refractivity contribution in [3.63, 3.8) is 0 Å². The van der Waals surface area contributed by atoms with Gasteiger partial charge in [0, 0.05) is 11.1 Å². The van der Waals surface area contributed by atoms with Gasteiger partial charge in [0.2, 0.25) is 0 Å². The van der Waals surface area contributed by atoms with Crippen LogP contribution < -0.4 is 20.2 Å². The van der Waals surface area contributed by atoms with Crippen LogP contribution >= 0.6 is 0 Å². The zero-order valence-electron chi connectivity index (χ0n) is 19.4. The van der Waals surface area contributed by atoms with Crippen LogP contribution in [0, 0.1) is 0 Å². The molecule has 0 aromatic heterocycles. The Labute approximate surface area is 207 Å². The van der Waals surface area contributed by atoms with E-state index in [-0.39, 0.29) is 5.75 Å². The van der Waals surface area contributed by atoms with E-state index in [1.807, 2.05) is 36.4 Å². The second kappa shape index (κ2) is 11.4. The molecular formula is C28H23N3O5. The number of ether oxygens (including phenoxy) is 2. The molecule has 0 unspecified atom stereocenters. The summed E-state index contributed by atoms with van der Waals surface area (Å²) in [7, 11) is 0. The van der Waals surface area contributed by atoms with E-state index in [2.05, 4.69) is 15.8 Å². The lowest BCUT2D eigenvalue weighted by atomic mass is 10.1. The predicted molar refractivity (Wildman–Crippen MR) is 137 cm³/mol. The van der Waals surface area contributed by atoms with Gasteiger partial charge in [0.1, 0.15) is 0 Å². The SMILES string of the molecule is CCOc1cc(C=NNC(=O)C(=O)Nc2cccc3ccccc23)ccc1OC(=O)c1ccccc1. The van der Waals surface area contributed by atoms with Crippen LogP contribution in [0.2, 0.25) is 0 Å². The normalized spacial score (nSPS) is 10.7. The van der Waals surface area contributed by atoms with E-state index >= 15 is 0 Å². The number of nitrogens with zero attached hydrogens (tertiary/aromatic N) is 1. The van der Waals surface area contributed by atoms with Crippen molar-refractivity contribution >= 4 is 40.5 Å². The van der Waals surface area contributed by atoms with Crippen LogP contribution in [0.1, 0.15) is 22.8 Å². The quantitative estimate of drug-likeness (QED) is 0.132. The molecule has 4 rings (SSSR count). The van der Waals surface area contributed by atoms with Gasteiger partial charge in [0.25, 0.3) is 0 Å². The molecule has 4 aromatic rings. The average Bonchev–Trinajstić information content (AvgIpc) is 2.91. The van der Waals surface area contributed by atoms with Crippen LogP contribution in [-0.2, 0) is 9.59 Å². The summed E-state index contributed by atoms with van der Waals surface area (Å²) in [5.41, 5.74) is 3.71. The molecule has 0 spiro atoms. The molecule has 0 aliphatic carbocycles. The Morgan fingerprint density at radius 1 is 0.833 bits per heavy atom. The highest BCUT2D eigenvalue weighted by Gasteiger charge is 2.15. The van der Waals surface area contributed by atoms with Crippen molar-refractivity contribution in [1.29, 1.82) is 0 Å². The van der Waals surface area contributed by atoms with E-state index in [0.29, 0.717) is 29.2 Å². The van der Waals surface area contributed by atoms with Gasteiger partial charge in [0.05, 0.1) is 18.4 Å². The molecule has 0 atom stereocenters. The van der Waals surface area contributed by atoms with Crippen molar-refractivity contribution in [2.24, 2.45) is 5.10 Å². The Kier molecular flexibility index (Phi) is 7.67. The van der Waals surface area contributed by atoms with Crippen molar-refractivity contribution in [2.75, 3.05) is 11.9 Å². The molecule has 8 nitrogen and oxygen atoms in total. The second-order valence-electron chi connectivity index (χ2n) is 7.57. The maximum Gasteiger partial charge on any atom is 0.343 e. The Morgan fingerprint density at radius 2 is 1.58 bits per heavy atom. The summed E-state index contributed by atoms with van der Waals surface area (Å²) in [4.78, 5) is 37.0. The molecule has 0 radical (unpaired) electrons. The second-order valence-corrected chi connectivity index (χ2v) is 7.57. The predicted octanol–water partition coefficient (Wildman–Crippen LogP) is 4.55. The molecule has 0 saturated carbocycles. The van der Waals surface area contributed by atoms with E-state index in [0.717, 1.165) is 10.8 Å². The smallest absolute Gasteiger partial charge is 0.343 e. The van der Waals surface area contributed by atoms with Gasteiger partial charge in [0.15, 0.2) is 11.5 Å². The van der Waals surface area contributed by atoms with Crippen LogP contribution in [0.5, 0.6) is 11.5 Å². The highest BCUT2D eigenvalue weighted by molar-refractivity contribution is 6.40. The summed E-state index contributed by atoms with van der Waals surface area (Å²) >= 11 is 0. The monoisotopic (exact) mass is 481 g/mol. The molecule has 36 heavy (non-hydrogen) atoms. The lowest BCUT2D eigenvalue weighted by Gasteiger charge is -2.11. The summed E-state index contributed by atoms with van der Waals surface area (Å²) in [6.45, 7) is 2.15. The molecule has 0 bridgehead atoms. The van der Waals surface area contributed by atoms with E-state index in [9.17, 15) is 14.4 Å². The van der Waals surface area contributed by atoms with E-state index < -0.39 is 17.8 Å². The summed E-state index contributed by atoms with van der Waals surface area (Å²) in [5.74, 6) is -1.69. The maximum absolute atomic E-state index is 12.4. The fourth-order valence-electron chi connectivity index (χ4n) is 3.42. The van der Waals surface area contributed by atoms with E-state index in [1.165, 1.54) is 6.21 Å². The van der Waals surface area contributed by atoms with E-state index in [4.69, 9.17) is 9.47 Å². The van der Waals surface area contributed by atoms with Crippen molar-refractivity contribution in [1.82, 2.24) is 5.43 Å². The number of carbonyl (C=O) groups is 3. The van der Waals surface area contributed by atoms with Crippen molar-refractivity contribution < 1.29 is 23.9 Å². The van der Waals surface area contributed by atoms with Crippen LogP contribution in [0.15, 0.2) is 96.1 Å². The standard InChI is InChI=1S/C28H23N3O5/c1-2-35-25-17-19(15-16-24(25)36-28(34)21-10-4-3-5-11-21)18-29-31-27(33)26(32)30-23-14-8-12-20-9-6-7-13-22(20)23/h3-18H,2H2,1H3,(H,30,32)(H,31,33). The van der Waals surface area contributed by atoms with Gasteiger partial charge >= 0.3 is 17.8 Å². The number of rotatable bonds is 7. The third-order valence-electron chi connectivity index (χ3n) is 5.10. The molecule has 4 aromatic carbocycles. The first-order valence-electron chi connectivity index (χ1n) is 11.2. The van der Waals surface area contributed by atoms with Crippen LogP contribution in [0.3, 0.4) is 0 Å².